The Hall–Kier alpha value is -4.04. The zero-order valence-electron chi connectivity index (χ0n) is 24.5. The van der Waals surface area contributed by atoms with Crippen molar-refractivity contribution in [3.63, 3.8) is 0 Å². The van der Waals surface area contributed by atoms with E-state index in [0.717, 1.165) is 22.3 Å². The molecule has 0 amide bonds. The zero-order valence-corrected chi connectivity index (χ0v) is 25.2. The van der Waals surface area contributed by atoms with Crippen molar-refractivity contribution in [1.82, 2.24) is 30.0 Å². The van der Waals surface area contributed by atoms with Gasteiger partial charge in [-0.3, -0.25) is 9.89 Å². The maximum absolute atomic E-state index is 13.3. The van der Waals surface area contributed by atoms with Gasteiger partial charge in [0.2, 0.25) is 0 Å². The Labute approximate surface area is 265 Å². The number of nitrogens with zero attached hydrogens (tertiary/aromatic N) is 4. The van der Waals surface area contributed by atoms with Crippen LogP contribution in [0.25, 0.3) is 10.9 Å². The Kier molecular flexibility index (Phi) is 13.9. The molecule has 47 heavy (non-hydrogen) atoms. The monoisotopic (exact) mass is 707 g/mol. The molecular weight excluding hydrogens is 678 g/mol. The lowest BCUT2D eigenvalue weighted by molar-refractivity contribution is -0.193. The van der Waals surface area contributed by atoms with E-state index in [0.29, 0.717) is 50.8 Å². The normalized spacial score (nSPS) is 14.9. The fourth-order valence-electron chi connectivity index (χ4n) is 3.98. The second-order valence-corrected chi connectivity index (χ2v) is 10.4. The van der Waals surface area contributed by atoms with Crippen LogP contribution in [-0.2, 0) is 22.7 Å². The molecule has 0 spiro atoms. The number of rotatable bonds is 9. The molecule has 1 saturated heterocycles. The van der Waals surface area contributed by atoms with Gasteiger partial charge in [-0.1, -0.05) is 11.6 Å². The number of alkyl halides is 8. The molecule has 1 fully saturated rings. The van der Waals surface area contributed by atoms with Crippen molar-refractivity contribution >= 4 is 40.3 Å². The molecule has 1 aromatic carbocycles. The molecular formula is C26H30ClF8N7O5. The van der Waals surface area contributed by atoms with Crippen molar-refractivity contribution < 1.29 is 54.9 Å². The van der Waals surface area contributed by atoms with Crippen LogP contribution < -0.4 is 16.2 Å². The summed E-state index contributed by atoms with van der Waals surface area (Å²) in [4.78, 5) is 36.9. The van der Waals surface area contributed by atoms with Crippen LogP contribution in [0.2, 0.25) is 5.02 Å². The number of aryl methyl sites for hydroxylation is 1. The Morgan fingerprint density at radius 2 is 1.60 bits per heavy atom. The number of H-pyrrole nitrogens is 1. The Morgan fingerprint density at radius 1 is 1.02 bits per heavy atom. The first-order valence-corrected chi connectivity index (χ1v) is 13.9. The third kappa shape index (κ3) is 12.9. The van der Waals surface area contributed by atoms with E-state index in [9.17, 15) is 39.9 Å². The maximum Gasteiger partial charge on any atom is 0.490 e. The van der Waals surface area contributed by atoms with Gasteiger partial charge in [0.05, 0.1) is 11.2 Å². The number of aliphatic carboxylic acids is 2. The lowest BCUT2D eigenvalue weighted by Crippen LogP contribution is -2.41. The molecule has 262 valence electrons. The van der Waals surface area contributed by atoms with Gasteiger partial charge in [0.15, 0.2) is 5.82 Å². The summed E-state index contributed by atoms with van der Waals surface area (Å²) in [5.41, 5.74) is 2.36. The van der Waals surface area contributed by atoms with Crippen molar-refractivity contribution in [2.75, 3.05) is 38.0 Å². The van der Waals surface area contributed by atoms with E-state index in [1.54, 1.807) is 16.8 Å². The number of anilines is 1. The summed E-state index contributed by atoms with van der Waals surface area (Å²) in [6.07, 6.45) is -8.73. The molecule has 3 heterocycles. The molecule has 4 rings (SSSR count). The van der Waals surface area contributed by atoms with E-state index in [1.807, 2.05) is 24.0 Å². The molecule has 2 aromatic heterocycles. The number of halogens is 9. The maximum atomic E-state index is 13.3. The number of nitrogens with one attached hydrogen (secondary N) is 3. The molecule has 21 heteroatoms. The van der Waals surface area contributed by atoms with Crippen LogP contribution in [-0.4, -0.2) is 97.8 Å². The fraction of sp³-hybridized carbons (Fsp3) is 0.500. The van der Waals surface area contributed by atoms with Crippen LogP contribution in [0.4, 0.5) is 40.9 Å². The summed E-state index contributed by atoms with van der Waals surface area (Å²) in [6, 6.07) is 5.55. The smallest absolute Gasteiger partial charge is 0.475 e. The first kappa shape index (κ1) is 39.1. The number of carboxylic acid groups (broad SMARTS) is 2. The Bertz CT molecular complexity index is 1530. The summed E-state index contributed by atoms with van der Waals surface area (Å²) in [7, 11) is 0. The van der Waals surface area contributed by atoms with Gasteiger partial charge < -0.3 is 30.3 Å². The second kappa shape index (κ2) is 16.7. The lowest BCUT2D eigenvalue weighted by Gasteiger charge is -2.31. The predicted molar refractivity (Wildman–Crippen MR) is 153 cm³/mol. The average Bonchev–Trinajstić information content (AvgIpc) is 3.36. The number of benzene rings is 1. The molecule has 1 aliphatic heterocycles. The third-order valence-electron chi connectivity index (χ3n) is 6.46. The molecule has 0 unspecified atom stereocenters. The zero-order chi connectivity index (χ0) is 35.6. The Balaban J connectivity index is 0.000000459. The number of carbonyl (C=O) groups is 2. The molecule has 3 aromatic rings. The van der Waals surface area contributed by atoms with Gasteiger partial charge in [-0.15, -0.1) is 0 Å². The molecule has 12 nitrogen and oxygen atoms in total. The van der Waals surface area contributed by atoms with E-state index in [4.69, 9.17) is 31.4 Å². The van der Waals surface area contributed by atoms with E-state index in [2.05, 4.69) is 25.8 Å². The predicted octanol–water partition coefficient (Wildman–Crippen LogP) is 4.28. The van der Waals surface area contributed by atoms with Crippen LogP contribution in [0.5, 0.6) is 0 Å². The summed E-state index contributed by atoms with van der Waals surface area (Å²) in [6.45, 7) is 5.27. The third-order valence-corrected chi connectivity index (χ3v) is 6.69. The fourth-order valence-corrected chi connectivity index (χ4v) is 4.15. The van der Waals surface area contributed by atoms with Crippen LogP contribution in [0.1, 0.15) is 24.2 Å². The van der Waals surface area contributed by atoms with Crippen molar-refractivity contribution in [2.24, 2.45) is 0 Å². The van der Waals surface area contributed by atoms with Crippen LogP contribution in [0.3, 0.4) is 0 Å². The van der Waals surface area contributed by atoms with Gasteiger partial charge in [-0.05, 0) is 25.1 Å². The van der Waals surface area contributed by atoms with Gasteiger partial charge in [-0.25, -0.2) is 23.4 Å². The number of aromatic nitrogens is 4. The van der Waals surface area contributed by atoms with E-state index < -0.39 is 30.2 Å². The van der Waals surface area contributed by atoms with Crippen molar-refractivity contribution in [3.05, 3.63) is 51.2 Å². The highest BCUT2D eigenvalue weighted by atomic mass is 35.5. The molecule has 0 saturated carbocycles. The van der Waals surface area contributed by atoms with Gasteiger partial charge in [-0.2, -0.15) is 31.4 Å². The highest BCUT2D eigenvalue weighted by Gasteiger charge is 2.39. The summed E-state index contributed by atoms with van der Waals surface area (Å²) >= 11 is 6.09. The summed E-state index contributed by atoms with van der Waals surface area (Å²) in [5, 5.41) is 29.6. The molecule has 0 aliphatic carbocycles. The number of aromatic amines is 1. The number of hydrogen-bond acceptors (Lipinski definition) is 8. The van der Waals surface area contributed by atoms with Crippen LogP contribution in [0, 0.1) is 6.92 Å². The quantitative estimate of drug-likeness (QED) is 0.160. The van der Waals surface area contributed by atoms with E-state index >= 15 is 0 Å². The highest BCUT2D eigenvalue weighted by molar-refractivity contribution is 6.31. The highest BCUT2D eigenvalue weighted by Crippen LogP contribution is 2.27. The first-order valence-electron chi connectivity index (χ1n) is 13.5. The number of fused-ring (bicyclic) bond motifs is 1. The van der Waals surface area contributed by atoms with Gasteiger partial charge in [0.25, 0.3) is 11.5 Å². The molecule has 1 aliphatic rings. The molecule has 0 bridgehead atoms. The Morgan fingerprint density at radius 3 is 2.15 bits per heavy atom. The molecule has 5 N–H and O–H groups in total. The van der Waals surface area contributed by atoms with Crippen LogP contribution in [0.15, 0.2) is 29.2 Å². The average molecular weight is 708 g/mol. The number of hydrogen-bond donors (Lipinski definition) is 5. The minimum absolute atomic E-state index is 0.114. The van der Waals surface area contributed by atoms with Crippen LogP contribution >= 0.6 is 11.6 Å². The topological polar surface area (TPSA) is 165 Å². The standard InChI is InChI=1S/C22H28ClF2N7O.2C2HF3O2/c1-15-13-28-20(27-7-10-31-8-4-22(24,25)5-9-31)21(33)32(15)11-6-26-14-19-17-12-16(23)2-3-18(17)29-30-19;2*3-2(4,5)1(6)7/h2-3,12-13,26H,4-11,14H2,1H3,(H,27,28)(H,29,30);2*(H,6,7). The van der Waals surface area contributed by atoms with Gasteiger partial charge >= 0.3 is 24.3 Å². The number of carboxylic acids is 2. The largest absolute Gasteiger partial charge is 0.490 e. The molecule has 0 radical (unpaired) electrons. The SMILES string of the molecule is Cc1cnc(NCCN2CCC(F)(F)CC2)c(=O)n1CCNCc1[nH]nc2ccc(Cl)cc12.O=C(O)C(F)(F)F.O=C(O)C(F)(F)F. The number of piperidine rings is 1. The van der Waals surface area contributed by atoms with Crippen molar-refractivity contribution in [2.45, 2.75) is 51.1 Å². The number of likely N-dealkylation sites (tertiary alicyclic amines) is 1. The first-order chi connectivity index (χ1) is 21.7. The van der Waals surface area contributed by atoms with E-state index in [-0.39, 0.29) is 24.2 Å². The van der Waals surface area contributed by atoms with Crippen molar-refractivity contribution in [1.29, 1.82) is 0 Å². The molecule has 0 atom stereocenters. The minimum Gasteiger partial charge on any atom is -0.475 e. The van der Waals surface area contributed by atoms with Gasteiger partial charge in [0, 0.05) is 81.0 Å². The lowest BCUT2D eigenvalue weighted by atomic mass is 10.1. The van der Waals surface area contributed by atoms with Crippen molar-refractivity contribution in [3.8, 4) is 0 Å². The van der Waals surface area contributed by atoms with E-state index in [1.165, 1.54) is 0 Å². The van der Waals surface area contributed by atoms with Gasteiger partial charge in [0.1, 0.15) is 0 Å². The summed E-state index contributed by atoms with van der Waals surface area (Å²) in [5.74, 6) is -7.79. The minimum atomic E-state index is -5.08. The summed E-state index contributed by atoms with van der Waals surface area (Å²) < 4.78 is 91.7. The second-order valence-electron chi connectivity index (χ2n) is 9.98.